The number of benzene rings is 2. The van der Waals surface area contributed by atoms with Gasteiger partial charge in [-0.2, -0.15) is 8.78 Å². The van der Waals surface area contributed by atoms with Crippen LogP contribution < -0.4 is 15.2 Å². The van der Waals surface area contributed by atoms with Gasteiger partial charge in [-0.3, -0.25) is 4.79 Å². The van der Waals surface area contributed by atoms with Gasteiger partial charge < -0.3 is 10.1 Å². The van der Waals surface area contributed by atoms with E-state index in [1.807, 2.05) is 0 Å². The van der Waals surface area contributed by atoms with Gasteiger partial charge in [-0.05, 0) is 36.8 Å². The second-order valence-corrected chi connectivity index (χ2v) is 7.16. The van der Waals surface area contributed by atoms with Gasteiger partial charge in [-0.25, -0.2) is 13.6 Å². The van der Waals surface area contributed by atoms with Gasteiger partial charge in [0.15, 0.2) is 0 Å². The van der Waals surface area contributed by atoms with Gasteiger partial charge in [0.2, 0.25) is 15.9 Å². The fourth-order valence-electron chi connectivity index (χ4n) is 2.28. The van der Waals surface area contributed by atoms with E-state index in [1.54, 1.807) is 31.2 Å². The largest absolute Gasteiger partial charge is 0.434 e. The first-order chi connectivity index (χ1) is 12.7. The first kappa shape index (κ1) is 20.5. The molecular weight excluding hydrogens is 378 g/mol. The highest BCUT2D eigenvalue weighted by atomic mass is 32.2. The predicted octanol–water partition coefficient (Wildman–Crippen LogP) is 2.83. The number of amides is 1. The van der Waals surface area contributed by atoms with Crippen molar-refractivity contribution in [3.63, 3.8) is 0 Å². The Bertz CT molecular complexity index is 929. The number of nitrogens with two attached hydrogens (primary N) is 1. The predicted molar refractivity (Wildman–Crippen MR) is 96.5 cm³/mol. The molecule has 1 amide bonds. The van der Waals surface area contributed by atoms with Gasteiger partial charge in [-0.1, -0.05) is 30.3 Å². The third kappa shape index (κ3) is 6.15. The quantitative estimate of drug-likeness (QED) is 0.703. The molecule has 0 aliphatic heterocycles. The van der Waals surface area contributed by atoms with Gasteiger partial charge in [-0.15, -0.1) is 0 Å². The van der Waals surface area contributed by atoms with Crippen molar-refractivity contribution >= 4 is 22.0 Å². The number of sulfonamides is 1. The summed E-state index contributed by atoms with van der Waals surface area (Å²) in [6.07, 6.45) is 2.56. The van der Waals surface area contributed by atoms with Crippen molar-refractivity contribution in [2.75, 3.05) is 0 Å². The van der Waals surface area contributed by atoms with E-state index in [9.17, 15) is 22.0 Å². The van der Waals surface area contributed by atoms with E-state index in [0.29, 0.717) is 11.1 Å². The number of alkyl halides is 2. The molecule has 0 aliphatic rings. The van der Waals surface area contributed by atoms with Crippen molar-refractivity contribution in [3.8, 4) is 5.75 Å². The van der Waals surface area contributed by atoms with Crippen molar-refractivity contribution in [3.05, 3.63) is 65.7 Å². The topological polar surface area (TPSA) is 98.5 Å². The molecule has 0 radical (unpaired) electrons. The van der Waals surface area contributed by atoms with E-state index < -0.39 is 28.6 Å². The van der Waals surface area contributed by atoms with Crippen LogP contribution in [0.4, 0.5) is 8.78 Å². The number of halogens is 2. The highest BCUT2D eigenvalue weighted by molar-refractivity contribution is 7.89. The van der Waals surface area contributed by atoms with Crippen molar-refractivity contribution in [2.24, 2.45) is 5.14 Å². The second kappa shape index (κ2) is 8.74. The Hall–Kier alpha value is -2.78. The Balaban J connectivity index is 2.04. The smallest absolute Gasteiger partial charge is 0.387 e. The van der Waals surface area contributed by atoms with Crippen molar-refractivity contribution in [2.45, 2.75) is 24.5 Å². The summed E-state index contributed by atoms with van der Waals surface area (Å²) in [5.74, 6) is -0.493. The Kier molecular flexibility index (Phi) is 6.65. The lowest BCUT2D eigenvalue weighted by Gasteiger charge is -2.13. The number of ether oxygens (including phenoxy) is 1. The summed E-state index contributed by atoms with van der Waals surface area (Å²) in [6, 6.07) is 11.5. The summed E-state index contributed by atoms with van der Waals surface area (Å²) in [5, 5.41) is 7.73. The molecule has 2 aromatic carbocycles. The molecule has 0 fully saturated rings. The summed E-state index contributed by atoms with van der Waals surface area (Å²) in [4.78, 5) is 12.0. The molecule has 9 heteroatoms. The van der Waals surface area contributed by atoms with E-state index in [-0.39, 0.29) is 10.6 Å². The number of carbonyl (C=O) groups is 1. The molecule has 2 rings (SSSR count). The number of carbonyl (C=O) groups excluding carboxylic acids is 1. The number of hydrogen-bond acceptors (Lipinski definition) is 4. The first-order valence-corrected chi connectivity index (χ1v) is 9.36. The molecular formula is C18H18F2N2O4S. The molecule has 1 unspecified atom stereocenters. The van der Waals surface area contributed by atoms with E-state index in [4.69, 9.17) is 5.14 Å². The van der Waals surface area contributed by atoms with E-state index >= 15 is 0 Å². The van der Waals surface area contributed by atoms with Crippen LogP contribution in [0.2, 0.25) is 0 Å². The minimum Gasteiger partial charge on any atom is -0.434 e. The van der Waals surface area contributed by atoms with Crippen LogP contribution in [-0.4, -0.2) is 20.9 Å². The Labute approximate surface area is 155 Å². The molecule has 0 saturated heterocycles. The molecule has 0 aliphatic carbocycles. The molecule has 27 heavy (non-hydrogen) atoms. The molecule has 1 atom stereocenters. The Morgan fingerprint density at radius 2 is 1.78 bits per heavy atom. The van der Waals surface area contributed by atoms with Crippen LogP contribution in [0.15, 0.2) is 59.5 Å². The summed E-state index contributed by atoms with van der Waals surface area (Å²) >= 11 is 0. The van der Waals surface area contributed by atoms with Crippen molar-refractivity contribution in [1.82, 2.24) is 5.32 Å². The zero-order valence-electron chi connectivity index (χ0n) is 14.3. The maximum atomic E-state index is 12.4. The normalized spacial score (nSPS) is 12.9. The lowest BCUT2D eigenvalue weighted by atomic mass is 10.1. The van der Waals surface area contributed by atoms with Gasteiger partial charge in [0, 0.05) is 11.6 Å². The van der Waals surface area contributed by atoms with E-state index in [2.05, 4.69) is 10.1 Å². The molecule has 0 heterocycles. The third-order valence-electron chi connectivity index (χ3n) is 3.62. The van der Waals surface area contributed by atoms with Crippen LogP contribution >= 0.6 is 0 Å². The van der Waals surface area contributed by atoms with Gasteiger partial charge in [0.05, 0.1) is 10.9 Å². The van der Waals surface area contributed by atoms with E-state index in [0.717, 1.165) is 0 Å². The van der Waals surface area contributed by atoms with E-state index in [1.165, 1.54) is 36.4 Å². The minimum atomic E-state index is -3.78. The lowest BCUT2D eigenvalue weighted by Crippen LogP contribution is -2.24. The average Bonchev–Trinajstić information content (AvgIpc) is 2.60. The summed E-state index contributed by atoms with van der Waals surface area (Å²) < 4.78 is 51.7. The Morgan fingerprint density at radius 1 is 1.15 bits per heavy atom. The molecule has 3 N–H and O–H groups in total. The molecule has 0 spiro atoms. The lowest BCUT2D eigenvalue weighted by molar-refractivity contribution is -0.117. The molecule has 2 aromatic rings. The second-order valence-electron chi connectivity index (χ2n) is 5.59. The summed E-state index contributed by atoms with van der Waals surface area (Å²) in [7, 11) is -3.78. The number of nitrogens with one attached hydrogen (secondary N) is 1. The standard InChI is InChI=1S/C18H18F2N2O4S/c1-12(13-6-9-15(10-7-13)27(21,24)25)22-17(23)11-8-14-4-2-3-5-16(14)26-18(19)20/h2-12,18H,1H3,(H,22,23)(H2,21,24,25)/b11-8+. The molecule has 144 valence electrons. The highest BCUT2D eigenvalue weighted by Gasteiger charge is 2.12. The molecule has 6 nitrogen and oxygen atoms in total. The third-order valence-corrected chi connectivity index (χ3v) is 4.55. The van der Waals surface area contributed by atoms with Crippen LogP contribution in [0.3, 0.4) is 0 Å². The van der Waals surface area contributed by atoms with Gasteiger partial charge in [0.25, 0.3) is 0 Å². The zero-order valence-corrected chi connectivity index (χ0v) is 15.1. The summed E-state index contributed by atoms with van der Waals surface area (Å²) in [6.45, 7) is -1.25. The van der Waals surface area contributed by atoms with Crippen LogP contribution in [-0.2, 0) is 14.8 Å². The minimum absolute atomic E-state index is 0.0275. The van der Waals surface area contributed by atoms with Crippen LogP contribution in [0, 0.1) is 0 Å². The van der Waals surface area contributed by atoms with Crippen LogP contribution in [0.25, 0.3) is 6.08 Å². The first-order valence-electron chi connectivity index (χ1n) is 7.82. The maximum Gasteiger partial charge on any atom is 0.387 e. The maximum absolute atomic E-state index is 12.4. The van der Waals surface area contributed by atoms with Gasteiger partial charge >= 0.3 is 6.61 Å². The highest BCUT2D eigenvalue weighted by Crippen LogP contribution is 2.21. The molecule has 0 saturated carbocycles. The monoisotopic (exact) mass is 396 g/mol. The SMILES string of the molecule is CC(NC(=O)/C=C/c1ccccc1OC(F)F)c1ccc(S(N)(=O)=O)cc1. The fraction of sp³-hybridized carbons (Fsp3) is 0.167. The van der Waals surface area contributed by atoms with Crippen molar-refractivity contribution in [1.29, 1.82) is 0 Å². The number of para-hydroxylation sites is 1. The molecule has 0 aromatic heterocycles. The summed E-state index contributed by atoms with van der Waals surface area (Å²) in [5.41, 5.74) is 1.00. The average molecular weight is 396 g/mol. The zero-order chi connectivity index (χ0) is 20.0. The van der Waals surface area contributed by atoms with Crippen LogP contribution in [0.1, 0.15) is 24.1 Å². The molecule has 0 bridgehead atoms. The van der Waals surface area contributed by atoms with Gasteiger partial charge in [0.1, 0.15) is 5.75 Å². The fourth-order valence-corrected chi connectivity index (χ4v) is 2.79. The van der Waals surface area contributed by atoms with Crippen LogP contribution in [0.5, 0.6) is 5.75 Å². The van der Waals surface area contributed by atoms with Crippen molar-refractivity contribution < 1.29 is 26.7 Å². The number of hydrogen-bond donors (Lipinski definition) is 2. The number of primary sulfonamides is 1. The Morgan fingerprint density at radius 3 is 2.37 bits per heavy atom. The number of rotatable bonds is 7.